The van der Waals surface area contributed by atoms with Crippen LogP contribution in [0.4, 0.5) is 0 Å². The van der Waals surface area contributed by atoms with Gasteiger partial charge in [0.15, 0.2) is 0 Å². The molecule has 0 unspecified atom stereocenters. The number of rotatable bonds is 1. The first-order chi connectivity index (χ1) is 11.1. The second kappa shape index (κ2) is 7.00. The van der Waals surface area contributed by atoms with Gasteiger partial charge in [0.25, 0.3) is 5.91 Å². The van der Waals surface area contributed by atoms with Gasteiger partial charge in [0, 0.05) is 43.7 Å². The summed E-state index contributed by atoms with van der Waals surface area (Å²) in [7, 11) is 0. The molecule has 2 aliphatic rings. The van der Waals surface area contributed by atoms with Gasteiger partial charge < -0.3 is 14.7 Å². The fourth-order valence-electron chi connectivity index (χ4n) is 2.89. The Kier molecular flexibility index (Phi) is 5.01. The maximum Gasteiger partial charge on any atom is 0.312 e. The summed E-state index contributed by atoms with van der Waals surface area (Å²) < 4.78 is 0.801. The van der Waals surface area contributed by atoms with Crippen LogP contribution in [0.3, 0.4) is 0 Å². The highest BCUT2D eigenvalue weighted by atomic mass is 79.9. The maximum atomic E-state index is 12.4. The van der Waals surface area contributed by atoms with E-state index < -0.39 is 11.8 Å². The van der Waals surface area contributed by atoms with Crippen molar-refractivity contribution in [3.8, 4) is 0 Å². The van der Waals surface area contributed by atoms with Crippen molar-refractivity contribution in [2.24, 2.45) is 0 Å². The van der Waals surface area contributed by atoms with E-state index in [-0.39, 0.29) is 5.91 Å². The van der Waals surface area contributed by atoms with E-state index >= 15 is 0 Å². The smallest absolute Gasteiger partial charge is 0.312 e. The van der Waals surface area contributed by atoms with E-state index in [4.69, 9.17) is 0 Å². The van der Waals surface area contributed by atoms with E-state index in [1.165, 1.54) is 11.3 Å². The fraction of sp³-hybridized carbons (Fsp3) is 0.533. The lowest BCUT2D eigenvalue weighted by Gasteiger charge is -2.34. The minimum Gasteiger partial charge on any atom is -0.334 e. The Balaban J connectivity index is 1.56. The first kappa shape index (κ1) is 16.4. The Hall–Kier alpha value is -1.41. The highest BCUT2D eigenvalue weighted by Gasteiger charge is 2.32. The molecule has 3 heterocycles. The van der Waals surface area contributed by atoms with E-state index in [0.717, 1.165) is 17.3 Å². The molecule has 2 saturated heterocycles. The number of carbonyl (C=O) groups is 3. The zero-order valence-electron chi connectivity index (χ0n) is 12.7. The predicted octanol–water partition coefficient (Wildman–Crippen LogP) is 1.42. The SMILES string of the molecule is O=C(C(=O)N1CCN(C(=O)c2sccc2Br)CC1)N1CCCC1. The van der Waals surface area contributed by atoms with Crippen LogP contribution >= 0.6 is 27.3 Å². The van der Waals surface area contributed by atoms with Crippen LogP contribution < -0.4 is 0 Å². The molecule has 8 heteroatoms. The van der Waals surface area contributed by atoms with Crippen LogP contribution in [0.5, 0.6) is 0 Å². The van der Waals surface area contributed by atoms with E-state index in [1.807, 2.05) is 11.4 Å². The van der Waals surface area contributed by atoms with Gasteiger partial charge in [-0.1, -0.05) is 0 Å². The number of hydrogen-bond acceptors (Lipinski definition) is 4. The number of piperazine rings is 1. The molecule has 0 aliphatic carbocycles. The van der Waals surface area contributed by atoms with Gasteiger partial charge in [-0.05, 0) is 40.2 Å². The number of halogens is 1. The molecule has 3 rings (SSSR count). The van der Waals surface area contributed by atoms with Gasteiger partial charge in [0.05, 0.1) is 0 Å². The Morgan fingerprint density at radius 3 is 1.91 bits per heavy atom. The van der Waals surface area contributed by atoms with E-state index in [0.29, 0.717) is 44.1 Å². The predicted molar refractivity (Wildman–Crippen MR) is 90.3 cm³/mol. The summed E-state index contributed by atoms with van der Waals surface area (Å²) in [4.78, 5) is 42.4. The van der Waals surface area contributed by atoms with Gasteiger partial charge in [0.1, 0.15) is 4.88 Å². The molecule has 0 bridgehead atoms. The molecule has 0 radical (unpaired) electrons. The maximum absolute atomic E-state index is 12.4. The monoisotopic (exact) mass is 399 g/mol. The molecule has 124 valence electrons. The zero-order chi connectivity index (χ0) is 16.4. The van der Waals surface area contributed by atoms with Crippen LogP contribution in [0.25, 0.3) is 0 Å². The Morgan fingerprint density at radius 1 is 0.870 bits per heavy atom. The van der Waals surface area contributed by atoms with Crippen molar-refractivity contribution in [2.45, 2.75) is 12.8 Å². The minimum atomic E-state index is -0.434. The summed E-state index contributed by atoms with van der Waals surface area (Å²) in [5.74, 6) is -0.857. The highest BCUT2D eigenvalue weighted by molar-refractivity contribution is 9.10. The lowest BCUT2D eigenvalue weighted by molar-refractivity contribution is -0.152. The molecule has 1 aromatic heterocycles. The Bertz CT molecular complexity index is 619. The molecule has 3 amide bonds. The minimum absolute atomic E-state index is 0.0233. The number of hydrogen-bond donors (Lipinski definition) is 0. The van der Waals surface area contributed by atoms with Crippen LogP contribution in [0.1, 0.15) is 22.5 Å². The average molecular weight is 400 g/mol. The van der Waals surface area contributed by atoms with E-state index in [2.05, 4.69) is 15.9 Å². The second-order valence-electron chi connectivity index (χ2n) is 5.68. The van der Waals surface area contributed by atoms with Crippen molar-refractivity contribution in [1.82, 2.24) is 14.7 Å². The molecule has 0 atom stereocenters. The van der Waals surface area contributed by atoms with Gasteiger partial charge >= 0.3 is 11.8 Å². The van der Waals surface area contributed by atoms with Crippen molar-refractivity contribution in [1.29, 1.82) is 0 Å². The second-order valence-corrected chi connectivity index (χ2v) is 7.45. The van der Waals surface area contributed by atoms with Crippen LogP contribution in [0.2, 0.25) is 0 Å². The van der Waals surface area contributed by atoms with Crippen molar-refractivity contribution in [3.63, 3.8) is 0 Å². The molecule has 0 N–H and O–H groups in total. The third-order valence-electron chi connectivity index (χ3n) is 4.24. The first-order valence-corrected chi connectivity index (χ1v) is 9.35. The standard InChI is InChI=1S/C15H18BrN3O3S/c16-11-3-10-23-12(11)13(20)18-6-8-19(9-7-18)15(22)14(21)17-4-1-2-5-17/h3,10H,1-2,4-9H2. The van der Waals surface area contributed by atoms with Gasteiger partial charge in [-0.3, -0.25) is 14.4 Å². The fourth-order valence-corrected chi connectivity index (χ4v) is 4.40. The largest absolute Gasteiger partial charge is 0.334 e. The number of thiophene rings is 1. The molecule has 0 saturated carbocycles. The van der Waals surface area contributed by atoms with Gasteiger partial charge in [-0.2, -0.15) is 0 Å². The molecular formula is C15H18BrN3O3S. The quantitative estimate of drug-likeness (QED) is 0.670. The number of carbonyl (C=O) groups excluding carboxylic acids is 3. The molecule has 2 fully saturated rings. The summed E-state index contributed by atoms with van der Waals surface area (Å²) in [6, 6.07) is 1.85. The van der Waals surface area contributed by atoms with Gasteiger partial charge in [-0.15, -0.1) is 11.3 Å². The molecular weight excluding hydrogens is 382 g/mol. The average Bonchev–Trinajstić information content (AvgIpc) is 3.24. The molecule has 2 aliphatic heterocycles. The van der Waals surface area contributed by atoms with Crippen molar-refractivity contribution < 1.29 is 14.4 Å². The van der Waals surface area contributed by atoms with Gasteiger partial charge in [0.2, 0.25) is 0 Å². The van der Waals surface area contributed by atoms with Crippen molar-refractivity contribution in [3.05, 3.63) is 20.8 Å². The van der Waals surface area contributed by atoms with Gasteiger partial charge in [-0.25, -0.2) is 0 Å². The summed E-state index contributed by atoms with van der Waals surface area (Å²) in [5, 5.41) is 1.87. The summed E-state index contributed by atoms with van der Waals surface area (Å²) >= 11 is 4.77. The van der Waals surface area contributed by atoms with Crippen molar-refractivity contribution >= 4 is 45.0 Å². The van der Waals surface area contributed by atoms with Crippen LogP contribution in [0, 0.1) is 0 Å². The summed E-state index contributed by atoms with van der Waals surface area (Å²) in [5.41, 5.74) is 0. The molecule has 1 aromatic rings. The third-order valence-corrected chi connectivity index (χ3v) is 6.07. The number of amides is 3. The topological polar surface area (TPSA) is 60.9 Å². The molecule has 0 aromatic carbocycles. The van der Waals surface area contributed by atoms with E-state index in [9.17, 15) is 14.4 Å². The van der Waals surface area contributed by atoms with Crippen molar-refractivity contribution in [2.75, 3.05) is 39.3 Å². The highest BCUT2D eigenvalue weighted by Crippen LogP contribution is 2.24. The van der Waals surface area contributed by atoms with Crippen LogP contribution in [-0.4, -0.2) is 71.7 Å². The number of nitrogens with zero attached hydrogens (tertiary/aromatic N) is 3. The lowest BCUT2D eigenvalue weighted by Crippen LogP contribution is -2.54. The van der Waals surface area contributed by atoms with Crippen LogP contribution in [0.15, 0.2) is 15.9 Å². The number of likely N-dealkylation sites (tertiary alicyclic amines) is 1. The van der Waals surface area contributed by atoms with E-state index in [1.54, 1.807) is 14.7 Å². The van der Waals surface area contributed by atoms with Crippen LogP contribution in [-0.2, 0) is 9.59 Å². The summed E-state index contributed by atoms with van der Waals surface area (Å²) in [6.45, 7) is 3.09. The molecule has 6 nitrogen and oxygen atoms in total. The Morgan fingerprint density at radius 2 is 1.39 bits per heavy atom. The normalized spacial score (nSPS) is 18.4. The first-order valence-electron chi connectivity index (χ1n) is 7.68. The lowest BCUT2D eigenvalue weighted by atomic mass is 10.2. The third kappa shape index (κ3) is 3.42. The zero-order valence-corrected chi connectivity index (χ0v) is 15.1. The molecule has 23 heavy (non-hydrogen) atoms. The Labute approximate surface area is 147 Å². The molecule has 0 spiro atoms. The summed E-state index contributed by atoms with van der Waals surface area (Å²) in [6.07, 6.45) is 1.94.